The van der Waals surface area contributed by atoms with E-state index in [2.05, 4.69) is 0 Å². The molecule has 1 aliphatic rings. The van der Waals surface area contributed by atoms with Crippen LogP contribution in [0.2, 0.25) is 5.02 Å². The zero-order valence-corrected chi connectivity index (χ0v) is 10.4. The van der Waals surface area contributed by atoms with Crippen LogP contribution in [0.15, 0.2) is 18.2 Å². The van der Waals surface area contributed by atoms with Crippen LogP contribution in [0.1, 0.15) is 18.4 Å². The van der Waals surface area contributed by atoms with Gasteiger partial charge in [-0.15, -0.1) is 0 Å². The fourth-order valence-electron chi connectivity index (χ4n) is 1.88. The summed E-state index contributed by atoms with van der Waals surface area (Å²) in [5.74, 6) is -0.717. The second kappa shape index (κ2) is 4.85. The average molecular weight is 292 g/mol. The number of hydrogen-bond donors (Lipinski definition) is 0. The molecule has 0 bridgehead atoms. The van der Waals surface area contributed by atoms with E-state index in [1.54, 1.807) is 0 Å². The SMILES string of the molecule is O=C1CCN(c2cc(Cl)cc(C(F)(F)F)c2)C(=O)C1. The molecular weight excluding hydrogens is 283 g/mol. The van der Waals surface area contributed by atoms with Crippen molar-refractivity contribution in [2.45, 2.75) is 19.0 Å². The van der Waals surface area contributed by atoms with Crippen LogP contribution in [0.25, 0.3) is 0 Å². The zero-order valence-electron chi connectivity index (χ0n) is 9.63. The van der Waals surface area contributed by atoms with Crippen LogP contribution < -0.4 is 4.90 Å². The fraction of sp³-hybridized carbons (Fsp3) is 0.333. The standard InChI is InChI=1S/C12H9ClF3NO2/c13-8-3-7(12(14,15)16)4-9(5-8)17-2-1-10(18)6-11(17)19/h3-5H,1-2,6H2. The molecule has 1 aromatic rings. The number of ketones is 1. The first-order valence-electron chi connectivity index (χ1n) is 5.47. The number of alkyl halides is 3. The van der Waals surface area contributed by atoms with E-state index in [4.69, 9.17) is 11.6 Å². The molecule has 0 radical (unpaired) electrons. The van der Waals surface area contributed by atoms with Gasteiger partial charge in [-0.25, -0.2) is 0 Å². The second-order valence-electron chi connectivity index (χ2n) is 4.21. The molecule has 0 unspecified atom stereocenters. The summed E-state index contributed by atoms with van der Waals surface area (Å²) >= 11 is 5.65. The van der Waals surface area contributed by atoms with Crippen molar-refractivity contribution in [3.63, 3.8) is 0 Å². The topological polar surface area (TPSA) is 37.4 Å². The molecule has 0 aliphatic carbocycles. The van der Waals surface area contributed by atoms with Crippen molar-refractivity contribution < 1.29 is 22.8 Å². The van der Waals surface area contributed by atoms with Crippen LogP contribution in [0, 0.1) is 0 Å². The minimum Gasteiger partial charge on any atom is -0.312 e. The summed E-state index contributed by atoms with van der Waals surface area (Å²) in [6.07, 6.45) is -4.68. The van der Waals surface area contributed by atoms with Gasteiger partial charge in [0.2, 0.25) is 5.91 Å². The summed E-state index contributed by atoms with van der Waals surface area (Å²) in [6, 6.07) is 2.94. The van der Waals surface area contributed by atoms with E-state index < -0.39 is 17.6 Å². The van der Waals surface area contributed by atoms with Crippen LogP contribution in [0.5, 0.6) is 0 Å². The molecule has 0 saturated carbocycles. The summed E-state index contributed by atoms with van der Waals surface area (Å²) in [6.45, 7) is 0.0787. The van der Waals surface area contributed by atoms with Crippen molar-refractivity contribution in [2.75, 3.05) is 11.4 Å². The quantitative estimate of drug-likeness (QED) is 0.746. The van der Waals surface area contributed by atoms with Crippen LogP contribution in [-0.4, -0.2) is 18.2 Å². The van der Waals surface area contributed by atoms with Crippen molar-refractivity contribution in [2.24, 2.45) is 0 Å². The van der Waals surface area contributed by atoms with Gasteiger partial charge < -0.3 is 4.90 Å². The highest BCUT2D eigenvalue weighted by molar-refractivity contribution is 6.31. The third kappa shape index (κ3) is 3.07. The average Bonchev–Trinajstić information content (AvgIpc) is 2.26. The van der Waals surface area contributed by atoms with E-state index in [9.17, 15) is 22.8 Å². The Kier molecular flexibility index (Phi) is 3.54. The number of amides is 1. The molecule has 1 aliphatic heterocycles. The predicted molar refractivity (Wildman–Crippen MR) is 63.0 cm³/mol. The van der Waals surface area contributed by atoms with Gasteiger partial charge in [0.1, 0.15) is 5.78 Å². The van der Waals surface area contributed by atoms with E-state index in [-0.39, 0.29) is 35.9 Å². The summed E-state index contributed by atoms with van der Waals surface area (Å²) in [5, 5.41) is -0.102. The number of hydrogen-bond acceptors (Lipinski definition) is 2. The van der Waals surface area contributed by atoms with Gasteiger partial charge in [-0.1, -0.05) is 11.6 Å². The van der Waals surface area contributed by atoms with Gasteiger partial charge in [-0.2, -0.15) is 13.2 Å². The van der Waals surface area contributed by atoms with Gasteiger partial charge in [0.25, 0.3) is 0 Å². The van der Waals surface area contributed by atoms with Gasteiger partial charge in [0, 0.05) is 23.7 Å². The van der Waals surface area contributed by atoms with Gasteiger partial charge in [-0.05, 0) is 18.2 Å². The van der Waals surface area contributed by atoms with Gasteiger partial charge in [-0.3, -0.25) is 9.59 Å². The molecule has 0 N–H and O–H groups in total. The number of piperidine rings is 1. The van der Waals surface area contributed by atoms with Crippen LogP contribution in [0.4, 0.5) is 18.9 Å². The lowest BCUT2D eigenvalue weighted by molar-refractivity contribution is -0.137. The summed E-state index contributed by atoms with van der Waals surface area (Å²) < 4.78 is 38.0. The largest absolute Gasteiger partial charge is 0.416 e. The Bertz CT molecular complexity index is 542. The lowest BCUT2D eigenvalue weighted by atomic mass is 10.1. The molecule has 1 saturated heterocycles. The molecule has 0 aromatic heterocycles. The van der Waals surface area contributed by atoms with E-state index >= 15 is 0 Å². The first-order valence-corrected chi connectivity index (χ1v) is 5.85. The normalized spacial score (nSPS) is 16.9. The molecule has 1 fully saturated rings. The van der Waals surface area contributed by atoms with Gasteiger partial charge in [0.15, 0.2) is 0 Å². The first kappa shape index (κ1) is 13.9. The first-order chi connectivity index (χ1) is 8.77. The number of carbonyl (C=O) groups is 2. The van der Waals surface area contributed by atoms with E-state index in [1.165, 1.54) is 6.07 Å². The van der Waals surface area contributed by atoms with E-state index in [0.717, 1.165) is 17.0 Å². The maximum atomic E-state index is 12.7. The lowest BCUT2D eigenvalue weighted by Crippen LogP contribution is -2.39. The Morgan fingerprint density at radius 1 is 1.16 bits per heavy atom. The van der Waals surface area contributed by atoms with E-state index in [1.807, 2.05) is 0 Å². The highest BCUT2D eigenvalue weighted by Crippen LogP contribution is 2.34. The maximum Gasteiger partial charge on any atom is 0.416 e. The Morgan fingerprint density at radius 3 is 2.42 bits per heavy atom. The molecule has 19 heavy (non-hydrogen) atoms. The molecule has 102 valence electrons. The van der Waals surface area contributed by atoms with Crippen molar-refractivity contribution in [1.82, 2.24) is 0 Å². The van der Waals surface area contributed by atoms with Gasteiger partial charge in [0.05, 0.1) is 12.0 Å². The molecule has 3 nitrogen and oxygen atoms in total. The van der Waals surface area contributed by atoms with Crippen molar-refractivity contribution >= 4 is 29.0 Å². The molecule has 7 heteroatoms. The summed E-state index contributed by atoms with van der Waals surface area (Å²) in [7, 11) is 0. The number of anilines is 1. The highest BCUT2D eigenvalue weighted by atomic mass is 35.5. The monoisotopic (exact) mass is 291 g/mol. The highest BCUT2D eigenvalue weighted by Gasteiger charge is 2.33. The summed E-state index contributed by atoms with van der Waals surface area (Å²) in [5.41, 5.74) is -0.850. The number of benzene rings is 1. The lowest BCUT2D eigenvalue weighted by Gasteiger charge is -2.27. The maximum absolute atomic E-state index is 12.7. The Labute approximate surface area is 111 Å². The van der Waals surface area contributed by atoms with Crippen molar-refractivity contribution in [3.8, 4) is 0 Å². The summed E-state index contributed by atoms with van der Waals surface area (Å²) in [4.78, 5) is 23.9. The Balaban J connectivity index is 2.37. The van der Waals surface area contributed by atoms with Crippen molar-refractivity contribution in [3.05, 3.63) is 28.8 Å². The minimum absolute atomic E-state index is 0.0670. The number of nitrogens with zero attached hydrogens (tertiary/aromatic N) is 1. The number of Topliss-reactive ketones (excluding diaryl/α,β-unsaturated/α-hetero) is 1. The van der Waals surface area contributed by atoms with Crippen molar-refractivity contribution in [1.29, 1.82) is 0 Å². The molecule has 1 amide bonds. The van der Waals surface area contributed by atoms with Crippen LogP contribution >= 0.6 is 11.6 Å². The number of rotatable bonds is 1. The molecule has 2 rings (SSSR count). The second-order valence-corrected chi connectivity index (χ2v) is 4.64. The molecule has 0 atom stereocenters. The minimum atomic E-state index is -4.53. The Hall–Kier alpha value is -1.56. The third-order valence-corrected chi connectivity index (χ3v) is 3.00. The van der Waals surface area contributed by atoms with Crippen LogP contribution in [-0.2, 0) is 15.8 Å². The number of carbonyl (C=O) groups excluding carboxylic acids is 2. The van der Waals surface area contributed by atoms with E-state index in [0.29, 0.717) is 0 Å². The third-order valence-electron chi connectivity index (χ3n) is 2.79. The smallest absolute Gasteiger partial charge is 0.312 e. The molecule has 0 spiro atoms. The van der Waals surface area contributed by atoms with Gasteiger partial charge >= 0.3 is 6.18 Å². The predicted octanol–water partition coefficient (Wildman–Crippen LogP) is 3.05. The Morgan fingerprint density at radius 2 is 1.84 bits per heavy atom. The molecule has 1 heterocycles. The zero-order chi connectivity index (χ0) is 14.2. The molecule has 1 aromatic carbocycles. The number of halogens is 4. The fourth-order valence-corrected chi connectivity index (χ4v) is 2.11. The van der Waals surface area contributed by atoms with Crippen LogP contribution in [0.3, 0.4) is 0 Å². The molecular formula is C12H9ClF3NO2.